The van der Waals surface area contributed by atoms with Gasteiger partial charge in [-0.05, 0) is 36.0 Å². The highest BCUT2D eigenvalue weighted by Gasteiger charge is 2.32. The van der Waals surface area contributed by atoms with E-state index in [2.05, 4.69) is 62.3 Å². The fraction of sp³-hybridized carbons (Fsp3) is 0.944. The molecule has 0 spiro atoms. The molecule has 0 aliphatic rings. The van der Waals surface area contributed by atoms with Crippen molar-refractivity contribution in [2.75, 3.05) is 0 Å². The van der Waals surface area contributed by atoms with E-state index in [0.717, 1.165) is 19.3 Å². The molecule has 114 valence electrons. The molecular weight excluding hydrogens is 232 g/mol. The Morgan fingerprint density at radius 1 is 1.00 bits per heavy atom. The van der Waals surface area contributed by atoms with E-state index in [9.17, 15) is 4.79 Å². The molecule has 2 atom stereocenters. The molecule has 0 aromatic carbocycles. The van der Waals surface area contributed by atoms with Crippen LogP contribution in [0.2, 0.25) is 0 Å². The van der Waals surface area contributed by atoms with Crippen LogP contribution in [0.3, 0.4) is 0 Å². The van der Waals surface area contributed by atoms with Crippen LogP contribution in [0.4, 0.5) is 0 Å². The summed E-state index contributed by atoms with van der Waals surface area (Å²) in [5.41, 5.74) is 0.197. The number of Topliss-reactive ketones (excluding diaryl/α,β-unsaturated/α-hetero) is 1. The van der Waals surface area contributed by atoms with Crippen LogP contribution in [0.15, 0.2) is 0 Å². The summed E-state index contributed by atoms with van der Waals surface area (Å²) in [5.74, 6) is 2.25. The van der Waals surface area contributed by atoms with Crippen LogP contribution in [-0.4, -0.2) is 5.78 Å². The first kappa shape index (κ1) is 18.7. The fourth-order valence-electron chi connectivity index (χ4n) is 2.35. The SMILES string of the molecule is CCC(C)(C)C(=O)CC(C)CC(C)C(C)(C)C(C)C. The highest BCUT2D eigenvalue weighted by Crippen LogP contribution is 2.39. The van der Waals surface area contributed by atoms with Gasteiger partial charge in [0.25, 0.3) is 0 Å². The minimum Gasteiger partial charge on any atom is -0.299 e. The van der Waals surface area contributed by atoms with Gasteiger partial charge in [0.15, 0.2) is 0 Å². The fourth-order valence-corrected chi connectivity index (χ4v) is 2.35. The van der Waals surface area contributed by atoms with Crippen molar-refractivity contribution < 1.29 is 4.79 Å². The van der Waals surface area contributed by atoms with Crippen LogP contribution in [0, 0.1) is 28.6 Å². The monoisotopic (exact) mass is 268 g/mol. The lowest BCUT2D eigenvalue weighted by molar-refractivity contribution is -0.128. The molecule has 0 saturated heterocycles. The molecular formula is C18H36O. The summed E-state index contributed by atoms with van der Waals surface area (Å²) in [4.78, 5) is 12.3. The molecule has 0 N–H and O–H groups in total. The molecule has 0 fully saturated rings. The quantitative estimate of drug-likeness (QED) is 0.549. The zero-order valence-electron chi connectivity index (χ0n) is 14.8. The first-order valence-corrected chi connectivity index (χ1v) is 7.98. The van der Waals surface area contributed by atoms with Crippen molar-refractivity contribution in [2.24, 2.45) is 28.6 Å². The van der Waals surface area contributed by atoms with Gasteiger partial charge in [0.2, 0.25) is 0 Å². The number of rotatable bonds is 8. The van der Waals surface area contributed by atoms with E-state index in [4.69, 9.17) is 0 Å². The number of carbonyl (C=O) groups excluding carboxylic acids is 1. The minimum atomic E-state index is -0.148. The molecule has 1 heteroatoms. The average molecular weight is 268 g/mol. The van der Waals surface area contributed by atoms with Crippen LogP contribution >= 0.6 is 0 Å². The van der Waals surface area contributed by atoms with E-state index >= 15 is 0 Å². The van der Waals surface area contributed by atoms with Gasteiger partial charge in [-0.2, -0.15) is 0 Å². The number of hydrogen-bond donors (Lipinski definition) is 0. The second-order valence-electron chi connectivity index (χ2n) is 8.08. The van der Waals surface area contributed by atoms with Gasteiger partial charge in [0.05, 0.1) is 0 Å². The predicted octanol–water partition coefficient (Wildman–Crippen LogP) is 5.73. The topological polar surface area (TPSA) is 17.1 Å². The second kappa shape index (κ2) is 6.90. The lowest BCUT2D eigenvalue weighted by Crippen LogP contribution is -2.30. The van der Waals surface area contributed by atoms with Gasteiger partial charge in [0, 0.05) is 11.8 Å². The summed E-state index contributed by atoms with van der Waals surface area (Å²) in [6.07, 6.45) is 2.82. The summed E-state index contributed by atoms with van der Waals surface area (Å²) in [6.45, 7) is 20.1. The average Bonchev–Trinajstić information content (AvgIpc) is 2.28. The van der Waals surface area contributed by atoms with Gasteiger partial charge in [-0.1, -0.05) is 62.3 Å². The molecule has 19 heavy (non-hydrogen) atoms. The number of carbonyl (C=O) groups is 1. The molecule has 0 saturated carbocycles. The molecule has 0 radical (unpaired) electrons. The molecule has 0 aromatic rings. The van der Waals surface area contributed by atoms with E-state index < -0.39 is 0 Å². The van der Waals surface area contributed by atoms with E-state index in [0.29, 0.717) is 29.0 Å². The maximum absolute atomic E-state index is 12.3. The Balaban J connectivity index is 4.48. The minimum absolute atomic E-state index is 0.148. The van der Waals surface area contributed by atoms with Crippen molar-refractivity contribution in [1.29, 1.82) is 0 Å². The van der Waals surface area contributed by atoms with Gasteiger partial charge in [-0.25, -0.2) is 0 Å². The van der Waals surface area contributed by atoms with Crippen LogP contribution < -0.4 is 0 Å². The Hall–Kier alpha value is -0.330. The van der Waals surface area contributed by atoms with Crippen molar-refractivity contribution >= 4 is 5.78 Å². The summed E-state index contributed by atoms with van der Waals surface area (Å²) in [7, 11) is 0. The van der Waals surface area contributed by atoms with E-state index in [1.807, 2.05) is 0 Å². The molecule has 1 nitrogen and oxygen atoms in total. The third-order valence-electron chi connectivity index (χ3n) is 5.69. The molecule has 0 aliphatic carbocycles. The van der Waals surface area contributed by atoms with Crippen molar-refractivity contribution in [3.05, 3.63) is 0 Å². The third-order valence-corrected chi connectivity index (χ3v) is 5.69. The molecule has 0 heterocycles. The summed E-state index contributed by atoms with van der Waals surface area (Å²) in [6, 6.07) is 0. The van der Waals surface area contributed by atoms with Crippen LogP contribution in [0.5, 0.6) is 0 Å². The summed E-state index contributed by atoms with van der Waals surface area (Å²) >= 11 is 0. The summed E-state index contributed by atoms with van der Waals surface area (Å²) in [5, 5.41) is 0. The standard InChI is InChI=1S/C18H36O/c1-10-17(6,7)16(19)12-14(4)11-15(5)18(8,9)13(2)3/h13-15H,10-12H2,1-9H3. The van der Waals surface area contributed by atoms with Crippen molar-refractivity contribution in [3.63, 3.8) is 0 Å². The zero-order chi connectivity index (χ0) is 15.4. The van der Waals surface area contributed by atoms with Gasteiger partial charge >= 0.3 is 0 Å². The molecule has 0 amide bonds. The Morgan fingerprint density at radius 3 is 1.84 bits per heavy atom. The van der Waals surface area contributed by atoms with Crippen molar-refractivity contribution in [2.45, 2.75) is 81.6 Å². The van der Waals surface area contributed by atoms with Gasteiger partial charge < -0.3 is 0 Å². The Bertz CT molecular complexity index is 286. The Labute approximate surface area is 121 Å². The van der Waals surface area contributed by atoms with Crippen LogP contribution in [-0.2, 0) is 4.79 Å². The van der Waals surface area contributed by atoms with Crippen LogP contribution in [0.1, 0.15) is 81.6 Å². The molecule has 0 bridgehead atoms. The lowest BCUT2D eigenvalue weighted by Gasteiger charge is -2.37. The van der Waals surface area contributed by atoms with Crippen molar-refractivity contribution in [3.8, 4) is 0 Å². The number of hydrogen-bond acceptors (Lipinski definition) is 1. The van der Waals surface area contributed by atoms with Gasteiger partial charge in [0.1, 0.15) is 5.78 Å². The molecule has 0 aromatic heterocycles. The third kappa shape index (κ3) is 5.28. The summed E-state index contributed by atoms with van der Waals surface area (Å²) < 4.78 is 0. The largest absolute Gasteiger partial charge is 0.299 e. The molecule has 0 rings (SSSR count). The maximum Gasteiger partial charge on any atom is 0.138 e. The highest BCUT2D eigenvalue weighted by atomic mass is 16.1. The second-order valence-corrected chi connectivity index (χ2v) is 8.08. The van der Waals surface area contributed by atoms with Crippen molar-refractivity contribution in [1.82, 2.24) is 0 Å². The molecule has 2 unspecified atom stereocenters. The zero-order valence-corrected chi connectivity index (χ0v) is 14.8. The maximum atomic E-state index is 12.3. The Morgan fingerprint density at radius 2 is 1.47 bits per heavy atom. The first-order chi connectivity index (χ1) is 8.45. The molecule has 0 aliphatic heterocycles. The first-order valence-electron chi connectivity index (χ1n) is 7.98. The number of ketones is 1. The predicted molar refractivity (Wildman–Crippen MR) is 85.3 cm³/mol. The van der Waals surface area contributed by atoms with Gasteiger partial charge in [-0.3, -0.25) is 4.79 Å². The Kier molecular flexibility index (Phi) is 6.78. The lowest BCUT2D eigenvalue weighted by atomic mass is 9.68. The van der Waals surface area contributed by atoms with Crippen LogP contribution in [0.25, 0.3) is 0 Å². The van der Waals surface area contributed by atoms with E-state index in [-0.39, 0.29) is 5.41 Å². The van der Waals surface area contributed by atoms with E-state index in [1.54, 1.807) is 0 Å². The van der Waals surface area contributed by atoms with E-state index in [1.165, 1.54) is 0 Å². The smallest absolute Gasteiger partial charge is 0.138 e. The highest BCUT2D eigenvalue weighted by molar-refractivity contribution is 5.84. The normalized spacial score (nSPS) is 16.5. The van der Waals surface area contributed by atoms with Gasteiger partial charge in [-0.15, -0.1) is 0 Å².